The maximum absolute atomic E-state index is 5.88. The van der Waals surface area contributed by atoms with Gasteiger partial charge in [0.2, 0.25) is 0 Å². The maximum atomic E-state index is 5.88. The van der Waals surface area contributed by atoms with Crippen molar-refractivity contribution in [2.75, 3.05) is 19.7 Å². The number of hydrogen-bond acceptors (Lipinski definition) is 3. The van der Waals surface area contributed by atoms with E-state index in [-0.39, 0.29) is 0 Å². The zero-order chi connectivity index (χ0) is 15.2. The average molecular weight is 303 g/mol. The summed E-state index contributed by atoms with van der Waals surface area (Å²) in [7, 11) is 0. The van der Waals surface area contributed by atoms with Gasteiger partial charge in [0.25, 0.3) is 0 Å². The van der Waals surface area contributed by atoms with Crippen LogP contribution in [0.5, 0.6) is 5.75 Å². The predicted molar refractivity (Wildman–Crippen MR) is 87.4 cm³/mol. The summed E-state index contributed by atoms with van der Waals surface area (Å²) in [5.41, 5.74) is 0. The topological polar surface area (TPSA) is 54.9 Å². The van der Waals surface area contributed by atoms with Crippen LogP contribution in [0.2, 0.25) is 0 Å². The highest BCUT2D eigenvalue weighted by molar-refractivity contribution is 5.80. The second-order valence-electron chi connectivity index (χ2n) is 5.78. The lowest BCUT2D eigenvalue weighted by Gasteiger charge is -2.22. The first-order chi connectivity index (χ1) is 10.8. The molecule has 3 atom stereocenters. The molecule has 5 heteroatoms. The number of benzene rings is 1. The van der Waals surface area contributed by atoms with Gasteiger partial charge in [-0.15, -0.1) is 0 Å². The molecule has 5 nitrogen and oxygen atoms in total. The zero-order valence-corrected chi connectivity index (χ0v) is 13.1. The molecule has 3 rings (SSSR count). The quantitative estimate of drug-likeness (QED) is 0.479. The van der Waals surface area contributed by atoms with Gasteiger partial charge in [-0.1, -0.05) is 18.2 Å². The SMILES string of the molecule is CCNC(=NCCOc1ccccc1)NC1CC2CCC1O2. The van der Waals surface area contributed by atoms with Crippen molar-refractivity contribution in [1.82, 2.24) is 10.6 Å². The third-order valence-electron chi connectivity index (χ3n) is 4.15. The summed E-state index contributed by atoms with van der Waals surface area (Å²) in [6, 6.07) is 10.2. The van der Waals surface area contributed by atoms with E-state index in [1.165, 1.54) is 12.8 Å². The van der Waals surface area contributed by atoms with Crippen molar-refractivity contribution < 1.29 is 9.47 Å². The Bertz CT molecular complexity index is 492. The van der Waals surface area contributed by atoms with Crippen molar-refractivity contribution in [3.63, 3.8) is 0 Å². The monoisotopic (exact) mass is 303 g/mol. The Balaban J connectivity index is 1.45. The van der Waals surface area contributed by atoms with E-state index in [0.29, 0.717) is 31.4 Å². The molecule has 0 radical (unpaired) electrons. The Labute approximate surface area is 132 Å². The highest BCUT2D eigenvalue weighted by atomic mass is 16.5. The third kappa shape index (κ3) is 3.91. The molecule has 2 aliphatic heterocycles. The highest BCUT2D eigenvalue weighted by Gasteiger charge is 2.41. The van der Waals surface area contributed by atoms with E-state index >= 15 is 0 Å². The largest absolute Gasteiger partial charge is 0.492 e. The highest BCUT2D eigenvalue weighted by Crippen LogP contribution is 2.34. The Kier molecular flexibility index (Phi) is 5.16. The minimum atomic E-state index is 0.356. The first-order valence-electron chi connectivity index (χ1n) is 8.23. The maximum Gasteiger partial charge on any atom is 0.191 e. The molecule has 2 aliphatic rings. The summed E-state index contributed by atoms with van der Waals surface area (Å²) in [4.78, 5) is 4.59. The molecule has 22 heavy (non-hydrogen) atoms. The molecule has 2 fully saturated rings. The van der Waals surface area contributed by atoms with E-state index < -0.39 is 0 Å². The number of nitrogens with one attached hydrogen (secondary N) is 2. The van der Waals surface area contributed by atoms with Gasteiger partial charge >= 0.3 is 0 Å². The van der Waals surface area contributed by atoms with Gasteiger partial charge in [-0.05, 0) is 38.3 Å². The van der Waals surface area contributed by atoms with Gasteiger partial charge in [0.15, 0.2) is 5.96 Å². The summed E-state index contributed by atoms with van der Waals surface area (Å²) >= 11 is 0. The minimum absolute atomic E-state index is 0.356. The van der Waals surface area contributed by atoms with Crippen LogP contribution in [-0.4, -0.2) is 43.9 Å². The van der Waals surface area contributed by atoms with Crippen molar-refractivity contribution in [3.8, 4) is 5.75 Å². The zero-order valence-electron chi connectivity index (χ0n) is 13.1. The summed E-state index contributed by atoms with van der Waals surface area (Å²) in [6.45, 7) is 4.14. The molecule has 0 amide bonds. The number of aliphatic imine (C=N–C) groups is 1. The van der Waals surface area contributed by atoms with Crippen LogP contribution in [0.1, 0.15) is 26.2 Å². The molecule has 0 saturated carbocycles. The number of ether oxygens (including phenoxy) is 2. The Morgan fingerprint density at radius 3 is 2.86 bits per heavy atom. The molecule has 1 aromatic rings. The number of hydrogen-bond donors (Lipinski definition) is 2. The van der Waals surface area contributed by atoms with Gasteiger partial charge in [0.1, 0.15) is 12.4 Å². The van der Waals surface area contributed by atoms with E-state index in [0.717, 1.165) is 24.7 Å². The second-order valence-corrected chi connectivity index (χ2v) is 5.78. The normalized spacial score (nSPS) is 27.0. The summed E-state index contributed by atoms with van der Waals surface area (Å²) < 4.78 is 11.5. The van der Waals surface area contributed by atoms with E-state index in [1.807, 2.05) is 30.3 Å². The molecule has 2 bridgehead atoms. The molecule has 0 aromatic heterocycles. The van der Waals surface area contributed by atoms with E-state index in [1.54, 1.807) is 0 Å². The van der Waals surface area contributed by atoms with Gasteiger partial charge < -0.3 is 20.1 Å². The van der Waals surface area contributed by atoms with Crippen LogP contribution in [0, 0.1) is 0 Å². The predicted octanol–water partition coefficient (Wildman–Crippen LogP) is 1.94. The lowest BCUT2D eigenvalue weighted by atomic mass is 9.96. The fourth-order valence-electron chi connectivity index (χ4n) is 3.12. The molecule has 2 saturated heterocycles. The first kappa shape index (κ1) is 15.2. The minimum Gasteiger partial charge on any atom is -0.492 e. The summed E-state index contributed by atoms with van der Waals surface area (Å²) in [6.07, 6.45) is 4.27. The van der Waals surface area contributed by atoms with E-state index in [2.05, 4.69) is 22.5 Å². The van der Waals surface area contributed by atoms with Crippen LogP contribution in [-0.2, 0) is 4.74 Å². The van der Waals surface area contributed by atoms with Crippen LogP contribution >= 0.6 is 0 Å². The summed E-state index contributed by atoms with van der Waals surface area (Å²) in [5, 5.41) is 6.80. The molecule has 2 N–H and O–H groups in total. The number of fused-ring (bicyclic) bond motifs is 2. The number of guanidine groups is 1. The average Bonchev–Trinajstić information content (AvgIpc) is 3.15. The van der Waals surface area contributed by atoms with Gasteiger partial charge in [-0.2, -0.15) is 0 Å². The van der Waals surface area contributed by atoms with Crippen molar-refractivity contribution in [1.29, 1.82) is 0 Å². The molecule has 0 spiro atoms. The first-order valence-corrected chi connectivity index (χ1v) is 8.23. The molecule has 2 heterocycles. The van der Waals surface area contributed by atoms with Gasteiger partial charge in [-0.3, -0.25) is 0 Å². The van der Waals surface area contributed by atoms with Crippen molar-refractivity contribution in [2.45, 2.75) is 44.4 Å². The fourth-order valence-corrected chi connectivity index (χ4v) is 3.12. The van der Waals surface area contributed by atoms with Crippen LogP contribution < -0.4 is 15.4 Å². The van der Waals surface area contributed by atoms with Crippen LogP contribution in [0.25, 0.3) is 0 Å². The lowest BCUT2D eigenvalue weighted by Crippen LogP contribution is -2.47. The summed E-state index contributed by atoms with van der Waals surface area (Å²) in [5.74, 6) is 1.75. The van der Waals surface area contributed by atoms with Gasteiger partial charge in [0, 0.05) is 6.54 Å². The molecule has 3 unspecified atom stereocenters. The van der Waals surface area contributed by atoms with E-state index in [4.69, 9.17) is 9.47 Å². The number of para-hydroxylation sites is 1. The Hall–Kier alpha value is -1.75. The van der Waals surface area contributed by atoms with Crippen molar-refractivity contribution >= 4 is 5.96 Å². The smallest absolute Gasteiger partial charge is 0.191 e. The van der Waals surface area contributed by atoms with Crippen LogP contribution in [0.3, 0.4) is 0 Å². The molecule has 1 aromatic carbocycles. The van der Waals surface area contributed by atoms with Crippen molar-refractivity contribution in [2.24, 2.45) is 4.99 Å². The van der Waals surface area contributed by atoms with E-state index in [9.17, 15) is 0 Å². The molecular weight excluding hydrogens is 278 g/mol. The fraction of sp³-hybridized carbons (Fsp3) is 0.588. The van der Waals surface area contributed by atoms with Crippen molar-refractivity contribution in [3.05, 3.63) is 30.3 Å². The number of nitrogens with zero attached hydrogens (tertiary/aromatic N) is 1. The molecular formula is C17H25N3O2. The Morgan fingerprint density at radius 2 is 2.18 bits per heavy atom. The molecule has 0 aliphatic carbocycles. The van der Waals surface area contributed by atoms with Gasteiger partial charge in [-0.25, -0.2) is 4.99 Å². The van der Waals surface area contributed by atoms with Crippen LogP contribution in [0.4, 0.5) is 0 Å². The van der Waals surface area contributed by atoms with Gasteiger partial charge in [0.05, 0.1) is 24.8 Å². The second kappa shape index (κ2) is 7.49. The number of rotatable bonds is 6. The van der Waals surface area contributed by atoms with Crippen LogP contribution in [0.15, 0.2) is 35.3 Å². The third-order valence-corrected chi connectivity index (χ3v) is 4.15. The molecule has 120 valence electrons. The standard InChI is InChI=1S/C17H25N3O2/c1-2-18-17(20-15-12-14-8-9-16(15)22-14)19-10-11-21-13-6-4-3-5-7-13/h3-7,14-16H,2,8-12H2,1H3,(H2,18,19,20). The Morgan fingerprint density at radius 1 is 1.32 bits per heavy atom. The lowest BCUT2D eigenvalue weighted by molar-refractivity contribution is 0.0992.